The van der Waals surface area contributed by atoms with Crippen LogP contribution in [-0.4, -0.2) is 18.9 Å². The van der Waals surface area contributed by atoms with Crippen molar-refractivity contribution < 1.29 is 4.79 Å². The fraction of sp³-hybridized carbons (Fsp3) is 0.833. The van der Waals surface area contributed by atoms with Gasteiger partial charge < -0.3 is 5.32 Å². The van der Waals surface area contributed by atoms with Crippen LogP contribution >= 0.6 is 37.2 Å². The highest BCUT2D eigenvalue weighted by Crippen LogP contribution is 1.89. The molecule has 0 spiro atoms. The van der Waals surface area contributed by atoms with Crippen LogP contribution in [0, 0.1) is 0 Å². The molecule has 0 fully saturated rings. The Morgan fingerprint density at radius 3 is 2.10 bits per heavy atom. The third kappa shape index (κ3) is 11.8. The SMILES string of the molecule is CNC(C)CC(C)=O.II. The van der Waals surface area contributed by atoms with Gasteiger partial charge in [-0.05, 0) is 20.9 Å². The van der Waals surface area contributed by atoms with E-state index in [9.17, 15) is 4.79 Å². The Morgan fingerprint density at radius 2 is 2.00 bits per heavy atom. The van der Waals surface area contributed by atoms with Crippen molar-refractivity contribution in [2.24, 2.45) is 0 Å². The molecule has 62 valence electrons. The molecule has 2 nitrogen and oxygen atoms in total. The number of rotatable bonds is 3. The molecule has 0 heterocycles. The zero-order valence-corrected chi connectivity index (χ0v) is 10.8. The van der Waals surface area contributed by atoms with Crippen molar-refractivity contribution >= 4 is 43.0 Å². The smallest absolute Gasteiger partial charge is 0.131 e. The molecule has 1 unspecified atom stereocenters. The fourth-order valence-corrected chi connectivity index (χ4v) is 0.533. The van der Waals surface area contributed by atoms with Gasteiger partial charge in [0.2, 0.25) is 0 Å². The van der Waals surface area contributed by atoms with E-state index in [4.69, 9.17) is 0 Å². The molecule has 0 aliphatic carbocycles. The minimum Gasteiger partial charge on any atom is -0.317 e. The molecule has 0 aromatic carbocycles. The van der Waals surface area contributed by atoms with E-state index in [1.807, 2.05) is 14.0 Å². The molecule has 0 bridgehead atoms. The minimum atomic E-state index is 0.242. The van der Waals surface area contributed by atoms with Crippen molar-refractivity contribution in [2.75, 3.05) is 7.05 Å². The Morgan fingerprint density at radius 1 is 1.60 bits per heavy atom. The number of carbonyl (C=O) groups excluding carboxylic acids is 1. The second-order valence-corrected chi connectivity index (χ2v) is 2.10. The van der Waals surface area contributed by atoms with Crippen LogP contribution in [0.25, 0.3) is 0 Å². The van der Waals surface area contributed by atoms with Crippen molar-refractivity contribution in [2.45, 2.75) is 26.3 Å². The van der Waals surface area contributed by atoms with Gasteiger partial charge in [-0.15, -0.1) is 0 Å². The van der Waals surface area contributed by atoms with Gasteiger partial charge >= 0.3 is 0 Å². The standard InChI is InChI=1S/C6H13NO.I2/c1-5(7-3)4-6(2)8;1-2/h5,7H,4H2,1-3H3;. The van der Waals surface area contributed by atoms with Crippen molar-refractivity contribution in [1.29, 1.82) is 0 Å². The normalized spacial score (nSPS) is 11.3. The van der Waals surface area contributed by atoms with Crippen molar-refractivity contribution in [3.05, 3.63) is 0 Å². The second kappa shape index (κ2) is 10.1. The van der Waals surface area contributed by atoms with Crippen LogP contribution in [-0.2, 0) is 4.79 Å². The number of halogens is 2. The van der Waals surface area contributed by atoms with Crippen LogP contribution in [0.1, 0.15) is 20.3 Å². The fourth-order valence-electron chi connectivity index (χ4n) is 0.533. The van der Waals surface area contributed by atoms with Crippen LogP contribution in [0.3, 0.4) is 0 Å². The summed E-state index contributed by atoms with van der Waals surface area (Å²) in [6.07, 6.45) is 0.635. The summed E-state index contributed by atoms with van der Waals surface area (Å²) in [6, 6.07) is 0.326. The maximum absolute atomic E-state index is 10.4. The van der Waals surface area contributed by atoms with Gasteiger partial charge in [0.15, 0.2) is 0 Å². The third-order valence-electron chi connectivity index (χ3n) is 1.09. The molecule has 0 aromatic heterocycles. The number of hydrogen-bond donors (Lipinski definition) is 1. The average Bonchev–Trinajstić information content (AvgIpc) is 1.91. The topological polar surface area (TPSA) is 29.1 Å². The Kier molecular flexibility index (Phi) is 13.8. The van der Waals surface area contributed by atoms with Gasteiger partial charge in [0, 0.05) is 49.7 Å². The molecule has 0 aliphatic rings. The number of Topliss-reactive ketones (excluding diaryl/α,β-unsaturated/α-hetero) is 1. The highest BCUT2D eigenvalue weighted by molar-refractivity contribution is 15.0. The molecule has 10 heavy (non-hydrogen) atoms. The van der Waals surface area contributed by atoms with Gasteiger partial charge in [-0.25, -0.2) is 0 Å². The largest absolute Gasteiger partial charge is 0.317 e. The number of carbonyl (C=O) groups is 1. The van der Waals surface area contributed by atoms with Gasteiger partial charge in [0.05, 0.1) is 0 Å². The predicted octanol–water partition coefficient (Wildman–Crippen LogP) is 2.34. The summed E-state index contributed by atoms with van der Waals surface area (Å²) in [5.41, 5.74) is 0. The van der Waals surface area contributed by atoms with Crippen LogP contribution in [0.15, 0.2) is 0 Å². The zero-order chi connectivity index (χ0) is 8.57. The van der Waals surface area contributed by atoms with E-state index < -0.39 is 0 Å². The van der Waals surface area contributed by atoms with E-state index >= 15 is 0 Å². The zero-order valence-electron chi connectivity index (χ0n) is 6.45. The van der Waals surface area contributed by atoms with E-state index in [1.165, 1.54) is 0 Å². The van der Waals surface area contributed by atoms with Crippen molar-refractivity contribution in [1.82, 2.24) is 5.32 Å². The highest BCUT2D eigenvalue weighted by Gasteiger charge is 1.99. The first-order chi connectivity index (χ1) is 4.66. The molecular formula is C6H13I2NO. The van der Waals surface area contributed by atoms with Gasteiger partial charge in [-0.1, -0.05) is 0 Å². The Bertz CT molecular complexity index is 87.8. The first-order valence-corrected chi connectivity index (χ1v) is 9.26. The molecule has 0 saturated heterocycles. The Labute approximate surface area is 85.8 Å². The van der Waals surface area contributed by atoms with Crippen LogP contribution < -0.4 is 5.32 Å². The molecule has 1 N–H and O–H groups in total. The van der Waals surface area contributed by atoms with E-state index in [2.05, 4.69) is 42.5 Å². The van der Waals surface area contributed by atoms with E-state index in [-0.39, 0.29) is 5.78 Å². The lowest BCUT2D eigenvalue weighted by atomic mass is 10.2. The van der Waals surface area contributed by atoms with Crippen LogP contribution in [0.4, 0.5) is 0 Å². The highest BCUT2D eigenvalue weighted by atomic mass is 128. The summed E-state index contributed by atoms with van der Waals surface area (Å²) in [4.78, 5) is 10.4. The van der Waals surface area contributed by atoms with E-state index in [1.54, 1.807) is 6.92 Å². The third-order valence-corrected chi connectivity index (χ3v) is 1.09. The summed E-state index contributed by atoms with van der Waals surface area (Å²) in [5, 5.41) is 2.98. The van der Waals surface area contributed by atoms with Crippen LogP contribution in [0.2, 0.25) is 0 Å². The molecular weight excluding hydrogens is 356 g/mol. The maximum Gasteiger partial charge on any atom is 0.131 e. The van der Waals surface area contributed by atoms with Crippen molar-refractivity contribution in [3.63, 3.8) is 0 Å². The summed E-state index contributed by atoms with van der Waals surface area (Å²) in [5.74, 6) is 0.242. The lowest BCUT2D eigenvalue weighted by Crippen LogP contribution is -2.23. The average molecular weight is 369 g/mol. The Hall–Kier alpha value is 1.09. The monoisotopic (exact) mass is 369 g/mol. The second-order valence-electron chi connectivity index (χ2n) is 2.10. The van der Waals surface area contributed by atoms with Crippen molar-refractivity contribution in [3.8, 4) is 0 Å². The number of ketones is 1. The number of hydrogen-bond acceptors (Lipinski definition) is 2. The minimum absolute atomic E-state index is 0.242. The predicted molar refractivity (Wildman–Crippen MR) is 61.9 cm³/mol. The first-order valence-electron chi connectivity index (χ1n) is 2.97. The summed E-state index contributed by atoms with van der Waals surface area (Å²) >= 11 is 4.24. The molecule has 0 amide bonds. The van der Waals surface area contributed by atoms with Gasteiger partial charge in [-0.2, -0.15) is 0 Å². The summed E-state index contributed by atoms with van der Waals surface area (Å²) in [7, 11) is 1.85. The molecule has 1 atom stereocenters. The molecule has 4 heteroatoms. The van der Waals surface area contributed by atoms with Gasteiger partial charge in [0.1, 0.15) is 5.78 Å². The number of nitrogens with one attached hydrogen (secondary N) is 1. The molecule has 0 aromatic rings. The quantitative estimate of drug-likeness (QED) is 0.775. The van der Waals surface area contributed by atoms with Gasteiger partial charge in [-0.3, -0.25) is 4.79 Å². The molecule has 0 aliphatic heterocycles. The summed E-state index contributed by atoms with van der Waals surface area (Å²) in [6.45, 7) is 3.59. The lowest BCUT2D eigenvalue weighted by Gasteiger charge is -2.04. The van der Waals surface area contributed by atoms with Crippen LogP contribution in [0.5, 0.6) is 0 Å². The molecule has 0 saturated carbocycles. The summed E-state index contributed by atoms with van der Waals surface area (Å²) < 4.78 is 0. The van der Waals surface area contributed by atoms with Gasteiger partial charge in [0.25, 0.3) is 0 Å². The molecule has 0 rings (SSSR count). The Balaban J connectivity index is 0. The van der Waals surface area contributed by atoms with E-state index in [0.29, 0.717) is 12.5 Å². The molecule has 0 radical (unpaired) electrons. The first kappa shape index (κ1) is 13.7. The van der Waals surface area contributed by atoms with E-state index in [0.717, 1.165) is 0 Å². The maximum atomic E-state index is 10.4. The lowest BCUT2D eigenvalue weighted by molar-refractivity contribution is -0.117.